The largest absolute Gasteiger partial charge is 0.394 e. The van der Waals surface area contributed by atoms with Crippen LogP contribution >= 0.6 is 11.6 Å². The highest BCUT2D eigenvalue weighted by molar-refractivity contribution is 7.83. The number of benzene rings is 3. The molecule has 0 fully saturated rings. The van der Waals surface area contributed by atoms with E-state index in [0.717, 1.165) is 54.7 Å². The molecule has 2 atom stereocenters. The minimum atomic E-state index is -1.86. The maximum absolute atomic E-state index is 14.6. The van der Waals surface area contributed by atoms with Crippen molar-refractivity contribution < 1.29 is 23.7 Å². The van der Waals surface area contributed by atoms with Crippen molar-refractivity contribution in [1.29, 1.82) is 0 Å². The first kappa shape index (κ1) is 37.2. The van der Waals surface area contributed by atoms with Crippen LogP contribution in [0.5, 0.6) is 0 Å². The van der Waals surface area contributed by atoms with Gasteiger partial charge in [0.25, 0.3) is 17.7 Å². The second-order valence-electron chi connectivity index (χ2n) is 13.2. The van der Waals surface area contributed by atoms with Gasteiger partial charge < -0.3 is 19.8 Å². The number of carbonyl (C=O) groups excluding carboxylic acids is 3. The number of carbonyl (C=O) groups is 3. The Morgan fingerprint density at radius 1 is 0.981 bits per heavy atom. The van der Waals surface area contributed by atoms with E-state index >= 15 is 0 Å². The number of anilines is 1. The van der Waals surface area contributed by atoms with Crippen LogP contribution in [0.4, 0.5) is 5.69 Å². The molecule has 4 aromatic rings. The molecule has 0 saturated carbocycles. The zero-order valence-electron chi connectivity index (χ0n) is 30.0. The van der Waals surface area contributed by atoms with Crippen LogP contribution in [-0.4, -0.2) is 85.4 Å². The molecule has 2 aliphatic rings. The summed E-state index contributed by atoms with van der Waals surface area (Å²) >= 11 is 6.77. The smallest absolute Gasteiger partial charge is 0.275 e. The lowest BCUT2D eigenvalue weighted by molar-refractivity contribution is 0.0544. The molecule has 52 heavy (non-hydrogen) atoms. The fraction of sp³-hybridized carbons (Fsp3) is 0.385. The van der Waals surface area contributed by atoms with Gasteiger partial charge in [-0.05, 0) is 92.6 Å². The summed E-state index contributed by atoms with van der Waals surface area (Å²) in [4.78, 5) is 48.0. The van der Waals surface area contributed by atoms with E-state index in [-0.39, 0.29) is 40.9 Å². The molecule has 0 radical (unpaired) electrons. The van der Waals surface area contributed by atoms with E-state index in [2.05, 4.69) is 21.6 Å². The lowest BCUT2D eigenvalue weighted by Crippen LogP contribution is -2.46. The van der Waals surface area contributed by atoms with Gasteiger partial charge in [-0.2, -0.15) is 5.10 Å². The molecule has 2 unspecified atom stereocenters. The molecule has 3 heterocycles. The third kappa shape index (κ3) is 7.24. The molecule has 0 aliphatic carbocycles. The number of rotatable bonds is 12. The molecule has 274 valence electrons. The number of hydrogen-bond acceptors (Lipinski definition) is 7. The quantitative estimate of drug-likeness (QED) is 0.196. The second kappa shape index (κ2) is 16.0. The number of aliphatic hydroxyl groups excluding tert-OH is 1. The third-order valence-electron chi connectivity index (χ3n) is 9.89. The van der Waals surface area contributed by atoms with E-state index in [4.69, 9.17) is 11.6 Å². The van der Waals surface area contributed by atoms with Gasteiger partial charge in [0.1, 0.15) is 0 Å². The summed E-state index contributed by atoms with van der Waals surface area (Å²) < 4.78 is 17.5. The number of aromatic nitrogens is 2. The Hall–Kier alpha value is -4.52. The summed E-state index contributed by atoms with van der Waals surface area (Å²) in [7, 11) is -1.86. The van der Waals surface area contributed by atoms with Crippen molar-refractivity contribution in [2.45, 2.75) is 70.9 Å². The van der Waals surface area contributed by atoms with Crippen molar-refractivity contribution in [3.05, 3.63) is 105 Å². The predicted molar refractivity (Wildman–Crippen MR) is 203 cm³/mol. The van der Waals surface area contributed by atoms with E-state index in [0.29, 0.717) is 35.8 Å². The Morgan fingerprint density at radius 2 is 1.69 bits per heavy atom. The van der Waals surface area contributed by atoms with E-state index in [9.17, 15) is 23.7 Å². The molecule has 2 aliphatic heterocycles. The highest BCUT2D eigenvalue weighted by Gasteiger charge is 2.33. The van der Waals surface area contributed by atoms with E-state index in [1.165, 1.54) is 16.8 Å². The van der Waals surface area contributed by atoms with Crippen molar-refractivity contribution in [3.8, 4) is 5.69 Å². The lowest BCUT2D eigenvalue weighted by atomic mass is 9.93. The molecular formula is C39H45ClN6O5S. The molecule has 6 rings (SSSR count). The molecule has 2 N–H and O–H groups in total. The number of fused-ring (bicyclic) bond motifs is 2. The van der Waals surface area contributed by atoms with Crippen LogP contribution in [0.3, 0.4) is 0 Å². The zero-order valence-corrected chi connectivity index (χ0v) is 31.6. The Kier molecular flexibility index (Phi) is 11.5. The lowest BCUT2D eigenvalue weighted by Gasteiger charge is -2.36. The predicted octanol–water partition coefficient (Wildman–Crippen LogP) is 5.49. The van der Waals surface area contributed by atoms with Gasteiger partial charge in [0.2, 0.25) is 0 Å². The second-order valence-corrected chi connectivity index (χ2v) is 14.8. The highest BCUT2D eigenvalue weighted by Crippen LogP contribution is 2.32. The van der Waals surface area contributed by atoms with Crippen molar-refractivity contribution in [1.82, 2.24) is 24.3 Å². The molecule has 3 aromatic carbocycles. The van der Waals surface area contributed by atoms with E-state index < -0.39 is 28.8 Å². The minimum absolute atomic E-state index is 0.0771. The first-order chi connectivity index (χ1) is 25.1. The van der Waals surface area contributed by atoms with Gasteiger partial charge >= 0.3 is 0 Å². The Morgan fingerprint density at radius 3 is 2.38 bits per heavy atom. The normalized spacial score (nSPS) is 15.6. The average Bonchev–Trinajstić information content (AvgIpc) is 3.72. The topological polar surface area (TPSA) is 128 Å². The Bertz CT molecular complexity index is 2030. The molecule has 1 aromatic heterocycles. The molecule has 11 nitrogen and oxygen atoms in total. The Balaban J connectivity index is 1.38. The zero-order chi connectivity index (χ0) is 37.1. The van der Waals surface area contributed by atoms with Crippen LogP contribution in [0.25, 0.3) is 5.69 Å². The average molecular weight is 745 g/mol. The summed E-state index contributed by atoms with van der Waals surface area (Å²) in [6, 6.07) is 17.4. The molecular weight excluding hydrogens is 700 g/mol. The minimum Gasteiger partial charge on any atom is -0.394 e. The number of amides is 3. The fourth-order valence-electron chi connectivity index (χ4n) is 7.13. The van der Waals surface area contributed by atoms with Gasteiger partial charge in [-0.25, -0.2) is 8.89 Å². The van der Waals surface area contributed by atoms with Gasteiger partial charge in [-0.1, -0.05) is 49.7 Å². The van der Waals surface area contributed by atoms with Crippen LogP contribution in [0, 0.1) is 6.92 Å². The van der Waals surface area contributed by atoms with Gasteiger partial charge in [0.15, 0.2) is 16.7 Å². The SMILES string of the molecule is CCCN(CCC)C(=O)c1nn(-c2ccc(C(=O)NS(=O)c3ccc4c(c3)CCN4CC)cc2C(=O)N2Cc3ccccc3CC2CO)c(C)c1Cl. The van der Waals surface area contributed by atoms with Crippen molar-refractivity contribution in [2.75, 3.05) is 37.7 Å². The van der Waals surface area contributed by atoms with Gasteiger partial charge in [0, 0.05) is 44.0 Å². The van der Waals surface area contributed by atoms with Gasteiger partial charge in [-0.3, -0.25) is 19.1 Å². The summed E-state index contributed by atoms with van der Waals surface area (Å²) in [5.74, 6) is -1.36. The third-order valence-corrected chi connectivity index (χ3v) is 11.4. The van der Waals surface area contributed by atoms with E-state index in [1.807, 2.05) is 50.2 Å². The Labute approximate surface area is 312 Å². The molecule has 13 heteroatoms. The maximum Gasteiger partial charge on any atom is 0.275 e. The summed E-state index contributed by atoms with van der Waals surface area (Å²) in [6.45, 7) is 10.7. The number of halogens is 1. The summed E-state index contributed by atoms with van der Waals surface area (Å²) in [5, 5.41) is 15.2. The summed E-state index contributed by atoms with van der Waals surface area (Å²) in [6.07, 6.45) is 2.83. The van der Waals surface area contributed by atoms with Crippen LogP contribution < -0.4 is 9.62 Å². The van der Waals surface area contributed by atoms with E-state index in [1.54, 1.807) is 28.9 Å². The number of aliphatic hydroxyl groups is 1. The van der Waals surface area contributed by atoms with Gasteiger partial charge in [-0.15, -0.1) is 0 Å². The van der Waals surface area contributed by atoms with Gasteiger partial charge in [0.05, 0.1) is 39.5 Å². The molecule has 0 bridgehead atoms. The molecule has 0 saturated heterocycles. The van der Waals surface area contributed by atoms with Crippen molar-refractivity contribution in [2.24, 2.45) is 0 Å². The van der Waals surface area contributed by atoms with Crippen LogP contribution in [-0.2, 0) is 30.4 Å². The van der Waals surface area contributed by atoms with Crippen molar-refractivity contribution in [3.63, 3.8) is 0 Å². The molecule has 3 amide bonds. The first-order valence-electron chi connectivity index (χ1n) is 17.9. The fourth-order valence-corrected chi connectivity index (χ4v) is 8.17. The first-order valence-corrected chi connectivity index (χ1v) is 19.4. The van der Waals surface area contributed by atoms with Crippen LogP contribution in [0.1, 0.15) is 87.2 Å². The standard InChI is InChI=1S/C39H45ClN6O5S/c1-5-17-44(18-6-2)39(50)36-35(40)25(4)46(41-36)34-14-12-28(37(48)42-52(51)31-13-15-33-27(21-31)16-19-43(33)7-3)22-32(34)38(49)45-23-29-11-9-8-10-26(29)20-30(45)24-47/h8-15,21-22,30,47H,5-7,16-20,23-24H2,1-4H3,(H,42,48). The monoisotopic (exact) mass is 744 g/mol. The number of hydrogen-bond donors (Lipinski definition) is 2. The van der Waals surface area contributed by atoms with Crippen molar-refractivity contribution >= 4 is 46.0 Å². The molecule has 0 spiro atoms. The maximum atomic E-state index is 14.6. The number of nitrogens with zero attached hydrogens (tertiary/aromatic N) is 5. The van der Waals surface area contributed by atoms with Crippen LogP contribution in [0.2, 0.25) is 5.02 Å². The van der Waals surface area contributed by atoms with Crippen LogP contribution in [0.15, 0.2) is 65.6 Å². The highest BCUT2D eigenvalue weighted by atomic mass is 35.5. The number of nitrogens with one attached hydrogen (secondary N) is 1. The number of likely N-dealkylation sites (N-methyl/N-ethyl adjacent to an activating group) is 1. The summed E-state index contributed by atoms with van der Waals surface area (Å²) in [5.41, 5.74) is 5.27.